The molecule has 0 atom stereocenters. The molecule has 17 heavy (non-hydrogen) atoms. The molecule has 0 saturated carbocycles. The lowest BCUT2D eigenvalue weighted by Gasteiger charge is -2.24. The van der Waals surface area contributed by atoms with E-state index in [0.29, 0.717) is 0 Å². The van der Waals surface area contributed by atoms with Crippen molar-refractivity contribution in [1.82, 2.24) is 10.3 Å². The second kappa shape index (κ2) is 7.09. The summed E-state index contributed by atoms with van der Waals surface area (Å²) < 4.78 is 6.14. The van der Waals surface area contributed by atoms with Crippen LogP contribution in [0.5, 0.6) is 0 Å². The highest BCUT2D eigenvalue weighted by Crippen LogP contribution is 2.19. The molecule has 0 aliphatic rings. The van der Waals surface area contributed by atoms with Gasteiger partial charge in [0.25, 0.3) is 0 Å². The molecule has 0 unspecified atom stereocenters. The normalized spacial score (nSPS) is 11.8. The Morgan fingerprint density at radius 3 is 2.82 bits per heavy atom. The number of methoxy groups -OCH3 is 1. The van der Waals surface area contributed by atoms with E-state index in [1.54, 1.807) is 13.3 Å². The van der Waals surface area contributed by atoms with Crippen LogP contribution in [0.15, 0.2) is 22.9 Å². The van der Waals surface area contributed by atoms with Crippen LogP contribution in [0.3, 0.4) is 0 Å². The van der Waals surface area contributed by atoms with Gasteiger partial charge >= 0.3 is 0 Å². The second-order valence-electron chi connectivity index (χ2n) is 5.02. The predicted molar refractivity (Wildman–Crippen MR) is 73.9 cm³/mol. The number of ether oxygens (including phenoxy) is 1. The number of halogens is 1. The molecule has 1 N–H and O–H groups in total. The average Bonchev–Trinajstić information content (AvgIpc) is 2.26. The molecule has 96 valence electrons. The fourth-order valence-electron chi connectivity index (χ4n) is 1.56. The summed E-state index contributed by atoms with van der Waals surface area (Å²) in [7, 11) is 1.75. The minimum atomic E-state index is 0.259. The molecule has 0 aliphatic heterocycles. The zero-order valence-electron chi connectivity index (χ0n) is 10.8. The highest BCUT2D eigenvalue weighted by atomic mass is 79.9. The fourth-order valence-corrected chi connectivity index (χ4v) is 1.98. The van der Waals surface area contributed by atoms with Crippen molar-refractivity contribution in [2.45, 2.75) is 26.8 Å². The molecule has 0 fully saturated rings. The SMILES string of the molecule is COCCC(C)(C)CNCc1cncc(Br)c1. The van der Waals surface area contributed by atoms with Gasteiger partial charge in [0.2, 0.25) is 0 Å². The summed E-state index contributed by atoms with van der Waals surface area (Å²) in [4.78, 5) is 4.14. The summed E-state index contributed by atoms with van der Waals surface area (Å²) in [5.74, 6) is 0. The molecule has 3 nitrogen and oxygen atoms in total. The van der Waals surface area contributed by atoms with E-state index in [1.165, 1.54) is 5.56 Å². The maximum atomic E-state index is 5.11. The van der Waals surface area contributed by atoms with Gasteiger partial charge in [0.1, 0.15) is 0 Å². The molecule has 0 amide bonds. The van der Waals surface area contributed by atoms with E-state index in [4.69, 9.17) is 4.74 Å². The summed E-state index contributed by atoms with van der Waals surface area (Å²) in [5.41, 5.74) is 1.46. The van der Waals surface area contributed by atoms with Crippen LogP contribution in [0.1, 0.15) is 25.8 Å². The van der Waals surface area contributed by atoms with Crippen molar-refractivity contribution in [3.63, 3.8) is 0 Å². The van der Waals surface area contributed by atoms with Crippen molar-refractivity contribution < 1.29 is 4.74 Å². The van der Waals surface area contributed by atoms with Gasteiger partial charge in [-0.1, -0.05) is 13.8 Å². The first-order chi connectivity index (χ1) is 8.03. The van der Waals surface area contributed by atoms with Gasteiger partial charge in [0, 0.05) is 43.7 Å². The predicted octanol–water partition coefficient (Wildman–Crippen LogP) is 3.00. The minimum Gasteiger partial charge on any atom is -0.385 e. The summed E-state index contributed by atoms with van der Waals surface area (Å²) in [6.45, 7) is 7.13. The number of hydrogen-bond acceptors (Lipinski definition) is 3. The van der Waals surface area contributed by atoms with Gasteiger partial charge < -0.3 is 10.1 Å². The van der Waals surface area contributed by atoms with Crippen LogP contribution in [0.4, 0.5) is 0 Å². The number of pyridine rings is 1. The van der Waals surface area contributed by atoms with Crippen molar-refractivity contribution in [2.75, 3.05) is 20.3 Å². The standard InChI is InChI=1S/C13H21BrN2O/c1-13(2,4-5-17-3)10-16-8-11-6-12(14)9-15-7-11/h6-7,9,16H,4-5,8,10H2,1-3H3. The van der Waals surface area contributed by atoms with Crippen molar-refractivity contribution in [3.05, 3.63) is 28.5 Å². The maximum absolute atomic E-state index is 5.11. The van der Waals surface area contributed by atoms with Crippen molar-refractivity contribution >= 4 is 15.9 Å². The Balaban J connectivity index is 2.32. The average molecular weight is 301 g/mol. The van der Waals surface area contributed by atoms with Crippen molar-refractivity contribution in [3.8, 4) is 0 Å². The van der Waals surface area contributed by atoms with Gasteiger partial charge in [-0.15, -0.1) is 0 Å². The van der Waals surface area contributed by atoms with Gasteiger partial charge in [-0.25, -0.2) is 0 Å². The van der Waals surface area contributed by atoms with Crippen LogP contribution >= 0.6 is 15.9 Å². The Kier molecular flexibility index (Phi) is 6.09. The lowest BCUT2D eigenvalue weighted by molar-refractivity contribution is 0.150. The van der Waals surface area contributed by atoms with Crippen LogP contribution < -0.4 is 5.32 Å². The van der Waals surface area contributed by atoms with E-state index in [2.05, 4.69) is 46.1 Å². The third-order valence-electron chi connectivity index (χ3n) is 2.68. The topological polar surface area (TPSA) is 34.1 Å². The molecule has 0 spiro atoms. The first kappa shape index (κ1) is 14.6. The van der Waals surface area contributed by atoms with Gasteiger partial charge in [-0.2, -0.15) is 0 Å². The van der Waals surface area contributed by atoms with Crippen molar-refractivity contribution in [2.24, 2.45) is 5.41 Å². The Bertz CT molecular complexity index is 342. The maximum Gasteiger partial charge on any atom is 0.0467 e. The van der Waals surface area contributed by atoms with E-state index in [1.807, 2.05) is 6.20 Å². The highest BCUT2D eigenvalue weighted by molar-refractivity contribution is 9.10. The summed E-state index contributed by atoms with van der Waals surface area (Å²) in [6.07, 6.45) is 4.75. The van der Waals surface area contributed by atoms with Crippen LogP contribution in [-0.2, 0) is 11.3 Å². The molecule has 0 radical (unpaired) electrons. The Hall–Kier alpha value is -0.450. The van der Waals surface area contributed by atoms with Gasteiger partial charge in [0.15, 0.2) is 0 Å². The largest absolute Gasteiger partial charge is 0.385 e. The first-order valence-electron chi connectivity index (χ1n) is 5.82. The fraction of sp³-hybridized carbons (Fsp3) is 0.615. The number of nitrogens with zero attached hydrogens (tertiary/aromatic N) is 1. The van der Waals surface area contributed by atoms with Crippen LogP contribution in [-0.4, -0.2) is 25.2 Å². The minimum absolute atomic E-state index is 0.259. The van der Waals surface area contributed by atoms with Crippen LogP contribution in [0.25, 0.3) is 0 Å². The molecule has 0 aromatic carbocycles. The molecular formula is C13H21BrN2O. The zero-order valence-corrected chi connectivity index (χ0v) is 12.4. The Morgan fingerprint density at radius 2 is 2.18 bits per heavy atom. The molecule has 1 rings (SSSR count). The smallest absolute Gasteiger partial charge is 0.0467 e. The third-order valence-corrected chi connectivity index (χ3v) is 3.11. The van der Waals surface area contributed by atoms with Crippen molar-refractivity contribution in [1.29, 1.82) is 0 Å². The van der Waals surface area contributed by atoms with E-state index >= 15 is 0 Å². The molecule has 1 aromatic heterocycles. The number of aromatic nitrogens is 1. The second-order valence-corrected chi connectivity index (χ2v) is 5.94. The summed E-state index contributed by atoms with van der Waals surface area (Å²) >= 11 is 3.42. The molecule has 0 bridgehead atoms. The molecule has 0 aliphatic carbocycles. The van der Waals surface area contributed by atoms with Gasteiger partial charge in [-0.05, 0) is 39.4 Å². The van der Waals surface area contributed by atoms with E-state index in [9.17, 15) is 0 Å². The van der Waals surface area contributed by atoms with E-state index < -0.39 is 0 Å². The molecule has 1 aromatic rings. The van der Waals surface area contributed by atoms with Crippen LogP contribution in [0, 0.1) is 5.41 Å². The summed E-state index contributed by atoms with van der Waals surface area (Å²) in [6, 6.07) is 2.09. The van der Waals surface area contributed by atoms with E-state index in [0.717, 1.165) is 30.6 Å². The molecule has 0 saturated heterocycles. The lowest BCUT2D eigenvalue weighted by atomic mass is 9.89. The molecule has 4 heteroatoms. The number of hydrogen-bond donors (Lipinski definition) is 1. The number of rotatable bonds is 7. The van der Waals surface area contributed by atoms with Crippen LogP contribution in [0.2, 0.25) is 0 Å². The monoisotopic (exact) mass is 300 g/mol. The molecular weight excluding hydrogens is 280 g/mol. The van der Waals surface area contributed by atoms with Gasteiger partial charge in [0.05, 0.1) is 0 Å². The quantitative estimate of drug-likeness (QED) is 0.840. The summed E-state index contributed by atoms with van der Waals surface area (Å²) in [5, 5.41) is 3.46. The Labute approximate surface area is 112 Å². The first-order valence-corrected chi connectivity index (χ1v) is 6.62. The molecule has 1 heterocycles. The zero-order chi connectivity index (χ0) is 12.7. The van der Waals surface area contributed by atoms with E-state index in [-0.39, 0.29) is 5.41 Å². The third kappa shape index (κ3) is 6.15. The number of nitrogens with one attached hydrogen (secondary N) is 1. The highest BCUT2D eigenvalue weighted by Gasteiger charge is 2.16. The lowest BCUT2D eigenvalue weighted by Crippen LogP contribution is -2.30. The Morgan fingerprint density at radius 1 is 1.41 bits per heavy atom. The van der Waals surface area contributed by atoms with Gasteiger partial charge in [-0.3, -0.25) is 4.98 Å².